The van der Waals surface area contributed by atoms with Crippen molar-refractivity contribution in [3.8, 4) is 5.88 Å². The average molecular weight is 277 g/mol. The van der Waals surface area contributed by atoms with E-state index in [1.807, 2.05) is 18.2 Å². The van der Waals surface area contributed by atoms with E-state index in [2.05, 4.69) is 9.97 Å². The van der Waals surface area contributed by atoms with Crippen LogP contribution in [0.15, 0.2) is 36.7 Å². The van der Waals surface area contributed by atoms with Crippen LogP contribution in [0.25, 0.3) is 0 Å². The minimum atomic E-state index is -0.109. The summed E-state index contributed by atoms with van der Waals surface area (Å²) in [5, 5.41) is 7.64. The quantitative estimate of drug-likeness (QED) is 0.646. The highest BCUT2D eigenvalue weighted by Gasteiger charge is 2.10. The van der Waals surface area contributed by atoms with Crippen molar-refractivity contribution in [3.05, 3.63) is 52.9 Å². The van der Waals surface area contributed by atoms with Crippen LogP contribution in [-0.2, 0) is 6.42 Å². The van der Waals surface area contributed by atoms with Crippen molar-refractivity contribution >= 4 is 17.4 Å². The van der Waals surface area contributed by atoms with Crippen LogP contribution >= 0.6 is 11.6 Å². The summed E-state index contributed by atoms with van der Waals surface area (Å²) >= 11 is 6.06. The Balaban J connectivity index is 2.00. The smallest absolute Gasteiger partial charge is 0.233 e. The van der Waals surface area contributed by atoms with Gasteiger partial charge in [-0.2, -0.15) is 0 Å². The molecule has 2 rings (SSSR count). The Morgan fingerprint density at radius 1 is 1.26 bits per heavy atom. The molecule has 6 heteroatoms. The van der Waals surface area contributed by atoms with Gasteiger partial charge < -0.3 is 10.5 Å². The lowest BCUT2D eigenvalue weighted by atomic mass is 10.2. The second-order valence-electron chi connectivity index (χ2n) is 3.81. The minimum absolute atomic E-state index is 0.109. The topological polar surface area (TPSA) is 84.9 Å². The van der Waals surface area contributed by atoms with Gasteiger partial charge in [0, 0.05) is 30.1 Å². The van der Waals surface area contributed by atoms with Crippen molar-refractivity contribution in [1.82, 2.24) is 9.97 Å². The number of hydrogen-bond donors (Lipinski definition) is 2. The van der Waals surface area contributed by atoms with Crippen molar-refractivity contribution < 1.29 is 4.74 Å². The van der Waals surface area contributed by atoms with Crippen LogP contribution in [0.2, 0.25) is 5.02 Å². The van der Waals surface area contributed by atoms with Gasteiger partial charge in [-0.05, 0) is 18.2 Å². The number of halogens is 1. The zero-order valence-corrected chi connectivity index (χ0v) is 10.9. The molecular formula is C13H13ClN4O. The summed E-state index contributed by atoms with van der Waals surface area (Å²) in [4.78, 5) is 8.22. The molecule has 0 atom stereocenters. The molecule has 98 valence electrons. The molecule has 5 nitrogen and oxygen atoms in total. The molecule has 2 aromatic heterocycles. The van der Waals surface area contributed by atoms with E-state index < -0.39 is 0 Å². The number of nitrogens with two attached hydrogens (primary N) is 1. The summed E-state index contributed by atoms with van der Waals surface area (Å²) in [6.07, 6.45) is 3.90. The number of aromatic nitrogens is 2. The van der Waals surface area contributed by atoms with Crippen molar-refractivity contribution in [3.63, 3.8) is 0 Å². The van der Waals surface area contributed by atoms with Gasteiger partial charge in [-0.3, -0.25) is 10.4 Å². The molecule has 0 aliphatic carbocycles. The highest BCUT2D eigenvalue weighted by molar-refractivity contribution is 6.35. The molecule has 0 aliphatic heterocycles. The summed E-state index contributed by atoms with van der Waals surface area (Å²) < 4.78 is 5.50. The third kappa shape index (κ3) is 3.42. The van der Waals surface area contributed by atoms with Crippen LogP contribution in [0.3, 0.4) is 0 Å². The summed E-state index contributed by atoms with van der Waals surface area (Å²) in [5.41, 5.74) is 6.76. The number of nitrogen functional groups attached to an aromatic ring is 1. The number of nitrogens with zero attached hydrogens (tertiary/aromatic N) is 2. The fourth-order valence-electron chi connectivity index (χ4n) is 1.53. The second kappa shape index (κ2) is 6.15. The van der Waals surface area contributed by atoms with Gasteiger partial charge in [0.15, 0.2) is 0 Å². The van der Waals surface area contributed by atoms with Gasteiger partial charge in [0.25, 0.3) is 0 Å². The average Bonchev–Trinajstić information content (AvgIpc) is 2.41. The largest absolute Gasteiger partial charge is 0.476 e. The lowest BCUT2D eigenvalue weighted by Crippen LogP contribution is -2.13. The van der Waals surface area contributed by atoms with E-state index in [0.29, 0.717) is 18.6 Å². The predicted molar refractivity (Wildman–Crippen MR) is 73.7 cm³/mol. The number of hydrogen-bond acceptors (Lipinski definition) is 4. The predicted octanol–water partition coefficient (Wildman–Crippen LogP) is 2.04. The SMILES string of the molecule is N=C(N)c1ccnc(OCCc2ccccn2)c1Cl. The van der Waals surface area contributed by atoms with E-state index >= 15 is 0 Å². The Kier molecular flexibility index (Phi) is 4.30. The summed E-state index contributed by atoms with van der Waals surface area (Å²) in [5.74, 6) is 0.173. The van der Waals surface area contributed by atoms with Crippen LogP contribution in [0.1, 0.15) is 11.3 Å². The molecule has 0 unspecified atom stereocenters. The molecule has 19 heavy (non-hydrogen) atoms. The van der Waals surface area contributed by atoms with E-state index in [-0.39, 0.29) is 16.7 Å². The van der Waals surface area contributed by atoms with Gasteiger partial charge in [0.1, 0.15) is 10.9 Å². The summed E-state index contributed by atoms with van der Waals surface area (Å²) in [7, 11) is 0. The Hall–Kier alpha value is -2.14. The van der Waals surface area contributed by atoms with Crippen LogP contribution in [-0.4, -0.2) is 22.4 Å². The summed E-state index contributed by atoms with van der Waals surface area (Å²) in [6, 6.07) is 7.28. The first-order chi connectivity index (χ1) is 9.18. The fraction of sp³-hybridized carbons (Fsp3) is 0.154. The van der Waals surface area contributed by atoms with E-state index in [1.165, 1.54) is 6.20 Å². The highest BCUT2D eigenvalue weighted by Crippen LogP contribution is 2.25. The lowest BCUT2D eigenvalue weighted by molar-refractivity contribution is 0.308. The molecule has 2 aromatic rings. The van der Waals surface area contributed by atoms with E-state index in [0.717, 1.165) is 5.69 Å². The Morgan fingerprint density at radius 3 is 2.79 bits per heavy atom. The van der Waals surface area contributed by atoms with Gasteiger partial charge in [0.05, 0.1) is 6.61 Å². The maximum atomic E-state index is 7.38. The van der Waals surface area contributed by atoms with Crippen molar-refractivity contribution in [2.24, 2.45) is 5.73 Å². The van der Waals surface area contributed by atoms with Crippen LogP contribution in [0.5, 0.6) is 5.88 Å². The van der Waals surface area contributed by atoms with E-state index in [4.69, 9.17) is 27.5 Å². The van der Waals surface area contributed by atoms with Crippen LogP contribution in [0.4, 0.5) is 0 Å². The molecule has 0 aliphatic rings. The minimum Gasteiger partial charge on any atom is -0.476 e. The highest BCUT2D eigenvalue weighted by atomic mass is 35.5. The molecule has 0 aromatic carbocycles. The maximum absolute atomic E-state index is 7.38. The normalized spacial score (nSPS) is 10.2. The van der Waals surface area contributed by atoms with Crippen molar-refractivity contribution in [1.29, 1.82) is 5.41 Å². The van der Waals surface area contributed by atoms with Gasteiger partial charge in [0.2, 0.25) is 5.88 Å². The number of rotatable bonds is 5. The number of nitrogens with one attached hydrogen (secondary N) is 1. The van der Waals surface area contributed by atoms with Gasteiger partial charge in [-0.1, -0.05) is 17.7 Å². The van der Waals surface area contributed by atoms with E-state index in [9.17, 15) is 0 Å². The standard InChI is InChI=1S/C13H13ClN4O/c14-11-10(12(15)16)4-7-18-13(11)19-8-5-9-3-1-2-6-17-9/h1-4,6-7H,5,8H2,(H3,15,16). The first-order valence-electron chi connectivity index (χ1n) is 5.70. The number of ether oxygens (including phenoxy) is 1. The molecule has 0 amide bonds. The first-order valence-corrected chi connectivity index (χ1v) is 6.08. The number of amidine groups is 1. The molecule has 0 saturated heterocycles. The lowest BCUT2D eigenvalue weighted by Gasteiger charge is -2.09. The molecule has 0 radical (unpaired) electrons. The third-order valence-electron chi connectivity index (χ3n) is 2.47. The van der Waals surface area contributed by atoms with Crippen LogP contribution < -0.4 is 10.5 Å². The first kappa shape index (κ1) is 13.3. The molecule has 2 heterocycles. The zero-order valence-electron chi connectivity index (χ0n) is 10.1. The van der Waals surface area contributed by atoms with Crippen LogP contribution in [0, 0.1) is 5.41 Å². The monoisotopic (exact) mass is 276 g/mol. The zero-order chi connectivity index (χ0) is 13.7. The molecule has 0 spiro atoms. The molecule has 3 N–H and O–H groups in total. The summed E-state index contributed by atoms with van der Waals surface area (Å²) in [6.45, 7) is 0.408. The number of pyridine rings is 2. The fourth-order valence-corrected chi connectivity index (χ4v) is 1.80. The molecule has 0 saturated carbocycles. The third-order valence-corrected chi connectivity index (χ3v) is 2.84. The molecule has 0 fully saturated rings. The Bertz CT molecular complexity index is 574. The van der Waals surface area contributed by atoms with Gasteiger partial charge in [-0.25, -0.2) is 4.98 Å². The van der Waals surface area contributed by atoms with E-state index in [1.54, 1.807) is 12.3 Å². The van der Waals surface area contributed by atoms with Crippen molar-refractivity contribution in [2.75, 3.05) is 6.61 Å². The Morgan fingerprint density at radius 2 is 2.11 bits per heavy atom. The van der Waals surface area contributed by atoms with Gasteiger partial charge >= 0.3 is 0 Å². The van der Waals surface area contributed by atoms with Crippen molar-refractivity contribution in [2.45, 2.75) is 6.42 Å². The van der Waals surface area contributed by atoms with Gasteiger partial charge in [-0.15, -0.1) is 0 Å². The second-order valence-corrected chi connectivity index (χ2v) is 4.19. The molecular weight excluding hydrogens is 264 g/mol. The Labute approximate surface area is 115 Å². The maximum Gasteiger partial charge on any atom is 0.233 e. The molecule has 0 bridgehead atoms.